The molecule has 10 heteroatoms. The van der Waals surface area contributed by atoms with E-state index in [2.05, 4.69) is 10.1 Å². The molecule has 0 bridgehead atoms. The molecule has 5 rings (SSSR count). The second-order valence-electron chi connectivity index (χ2n) is 8.82. The molecule has 2 aromatic carbocycles. The number of piperidine rings is 1. The molecule has 0 aliphatic carbocycles. The number of hydrazone groups is 1. The number of benzene rings is 2. The number of aliphatic imine (C=N–C) groups is 1. The number of carbonyl (C=O) groups excluding carboxylic acids is 2. The van der Waals surface area contributed by atoms with Crippen LogP contribution in [-0.2, 0) is 16.2 Å². The average Bonchev–Trinajstić information content (AvgIpc) is 3.33. The SMILES string of the molecule is COc1cc(C=C2C(=N)N3N=C(CC(=O)N4CCCCC4)SC3=NC2=O)ccc1OCc1ccccc1. The summed E-state index contributed by atoms with van der Waals surface area (Å²) in [5.74, 6) is 0.499. The lowest BCUT2D eigenvalue weighted by Gasteiger charge is -2.26. The third-order valence-electron chi connectivity index (χ3n) is 6.24. The summed E-state index contributed by atoms with van der Waals surface area (Å²) in [6.07, 6.45) is 4.91. The Morgan fingerprint density at radius 3 is 2.65 bits per heavy atom. The van der Waals surface area contributed by atoms with Gasteiger partial charge in [0.05, 0.1) is 19.1 Å². The van der Waals surface area contributed by atoms with Crippen molar-refractivity contribution >= 4 is 45.7 Å². The van der Waals surface area contributed by atoms with Gasteiger partial charge in [-0.15, -0.1) is 0 Å². The number of rotatable bonds is 7. The highest BCUT2D eigenvalue weighted by atomic mass is 32.2. The maximum absolute atomic E-state index is 12.8. The fraction of sp³-hybridized carbons (Fsp3) is 0.296. The number of hydrogen-bond donors (Lipinski definition) is 1. The van der Waals surface area contributed by atoms with Crippen molar-refractivity contribution in [1.29, 1.82) is 5.41 Å². The van der Waals surface area contributed by atoms with Crippen LogP contribution in [-0.4, -0.2) is 58.0 Å². The number of amides is 2. The molecule has 0 aromatic heterocycles. The van der Waals surface area contributed by atoms with Gasteiger partial charge in [0.2, 0.25) is 11.1 Å². The van der Waals surface area contributed by atoms with Gasteiger partial charge in [-0.1, -0.05) is 36.4 Å². The summed E-state index contributed by atoms with van der Waals surface area (Å²) in [6.45, 7) is 1.93. The molecule has 3 aliphatic rings. The predicted octanol–water partition coefficient (Wildman–Crippen LogP) is 4.30. The summed E-state index contributed by atoms with van der Waals surface area (Å²) in [6, 6.07) is 15.1. The lowest BCUT2D eigenvalue weighted by molar-refractivity contribution is -0.130. The van der Waals surface area contributed by atoms with E-state index in [1.165, 1.54) is 16.8 Å². The normalized spacial score (nSPS) is 18.5. The molecule has 1 fully saturated rings. The van der Waals surface area contributed by atoms with Crippen LogP contribution in [0, 0.1) is 5.41 Å². The van der Waals surface area contributed by atoms with Crippen LogP contribution < -0.4 is 9.47 Å². The number of nitrogens with one attached hydrogen (secondary N) is 1. The summed E-state index contributed by atoms with van der Waals surface area (Å²) < 4.78 is 11.4. The Bertz CT molecular complexity index is 1320. The fourth-order valence-electron chi connectivity index (χ4n) is 4.28. The van der Waals surface area contributed by atoms with Gasteiger partial charge in [-0.3, -0.25) is 15.0 Å². The molecule has 2 amide bonds. The minimum atomic E-state index is -0.522. The van der Waals surface area contributed by atoms with E-state index in [0.717, 1.165) is 37.9 Å². The molecule has 1 N–H and O–H groups in total. The quantitative estimate of drug-likeness (QED) is 0.549. The molecule has 0 atom stereocenters. The first-order valence-electron chi connectivity index (χ1n) is 12.1. The Morgan fingerprint density at radius 1 is 1.11 bits per heavy atom. The van der Waals surface area contributed by atoms with Crippen molar-refractivity contribution in [3.05, 3.63) is 65.2 Å². The number of hydrogen-bond acceptors (Lipinski definition) is 7. The molecule has 0 unspecified atom stereocenters. The standard InChI is InChI=1S/C27H27N5O4S/c1-35-22-15-19(10-11-21(22)36-17-18-8-4-2-5-9-18)14-20-25(28)32-27(29-26(20)34)37-23(30-32)16-24(33)31-12-6-3-7-13-31/h2,4-5,8-11,14-15,28H,3,6-7,12-13,16-17H2,1H3. The van der Waals surface area contributed by atoms with Gasteiger partial charge in [0, 0.05) is 13.1 Å². The van der Waals surface area contributed by atoms with Crippen LogP contribution in [0.3, 0.4) is 0 Å². The third-order valence-corrected chi connectivity index (χ3v) is 7.15. The van der Waals surface area contributed by atoms with E-state index in [1.54, 1.807) is 31.4 Å². The Morgan fingerprint density at radius 2 is 1.89 bits per heavy atom. The zero-order chi connectivity index (χ0) is 25.8. The minimum Gasteiger partial charge on any atom is -0.493 e. The molecular weight excluding hydrogens is 490 g/mol. The first-order chi connectivity index (χ1) is 18.0. The van der Waals surface area contributed by atoms with Crippen LogP contribution in [0.2, 0.25) is 0 Å². The smallest absolute Gasteiger partial charge is 0.283 e. The number of amidine groups is 2. The van der Waals surface area contributed by atoms with E-state index in [1.807, 2.05) is 35.2 Å². The predicted molar refractivity (Wildman–Crippen MR) is 144 cm³/mol. The van der Waals surface area contributed by atoms with Crippen LogP contribution >= 0.6 is 11.8 Å². The zero-order valence-corrected chi connectivity index (χ0v) is 21.3. The molecule has 3 aliphatic heterocycles. The van der Waals surface area contributed by atoms with Crippen molar-refractivity contribution in [3.63, 3.8) is 0 Å². The molecule has 9 nitrogen and oxygen atoms in total. The van der Waals surface area contributed by atoms with Crippen LogP contribution in [0.25, 0.3) is 6.08 Å². The number of fused-ring (bicyclic) bond motifs is 1. The maximum Gasteiger partial charge on any atom is 0.283 e. The van der Waals surface area contributed by atoms with E-state index in [4.69, 9.17) is 14.9 Å². The maximum atomic E-state index is 12.8. The molecule has 37 heavy (non-hydrogen) atoms. The lowest BCUT2D eigenvalue weighted by Crippen LogP contribution is -2.36. The van der Waals surface area contributed by atoms with Gasteiger partial charge >= 0.3 is 0 Å². The van der Waals surface area contributed by atoms with Crippen LogP contribution in [0.1, 0.15) is 36.8 Å². The molecule has 0 radical (unpaired) electrons. The van der Waals surface area contributed by atoms with Gasteiger partial charge in [0.1, 0.15) is 11.7 Å². The first-order valence-corrected chi connectivity index (χ1v) is 12.9. The fourth-order valence-corrected chi connectivity index (χ4v) is 5.16. The van der Waals surface area contributed by atoms with Gasteiger partial charge in [-0.25, -0.2) is 0 Å². The highest BCUT2D eigenvalue weighted by Crippen LogP contribution is 2.32. The lowest BCUT2D eigenvalue weighted by atomic mass is 10.1. The number of nitrogens with zero attached hydrogens (tertiary/aromatic N) is 4. The topological polar surface area (TPSA) is 108 Å². The monoisotopic (exact) mass is 517 g/mol. The Kier molecular flexibility index (Phi) is 7.36. The Labute approximate surface area is 219 Å². The van der Waals surface area contributed by atoms with Gasteiger partial charge in [0.25, 0.3) is 5.91 Å². The van der Waals surface area contributed by atoms with Gasteiger partial charge in [-0.2, -0.15) is 15.1 Å². The highest BCUT2D eigenvalue weighted by Gasteiger charge is 2.36. The van der Waals surface area contributed by atoms with E-state index in [0.29, 0.717) is 33.9 Å². The van der Waals surface area contributed by atoms with Crippen molar-refractivity contribution in [2.45, 2.75) is 32.3 Å². The van der Waals surface area contributed by atoms with E-state index >= 15 is 0 Å². The van der Waals surface area contributed by atoms with Crippen LogP contribution in [0.5, 0.6) is 11.5 Å². The average molecular weight is 518 g/mol. The summed E-state index contributed by atoms with van der Waals surface area (Å²) in [7, 11) is 1.55. The van der Waals surface area contributed by atoms with Crippen molar-refractivity contribution in [2.24, 2.45) is 10.1 Å². The molecule has 0 spiro atoms. The van der Waals surface area contributed by atoms with Gasteiger partial charge in [0.15, 0.2) is 17.3 Å². The Hall–Kier alpha value is -3.92. The molecule has 1 saturated heterocycles. The van der Waals surface area contributed by atoms with Crippen molar-refractivity contribution < 1.29 is 19.1 Å². The summed E-state index contributed by atoms with van der Waals surface area (Å²) in [4.78, 5) is 31.4. The van der Waals surface area contributed by atoms with Crippen molar-refractivity contribution in [2.75, 3.05) is 20.2 Å². The number of carbonyl (C=O) groups is 2. The first kappa shape index (κ1) is 24.8. The number of likely N-dealkylation sites (tertiary alicyclic amines) is 1. The molecule has 3 heterocycles. The van der Waals surface area contributed by atoms with E-state index < -0.39 is 5.91 Å². The molecule has 2 aromatic rings. The number of methoxy groups -OCH3 is 1. The Balaban J connectivity index is 1.30. The minimum absolute atomic E-state index is 0.0155. The summed E-state index contributed by atoms with van der Waals surface area (Å²) >= 11 is 1.17. The highest BCUT2D eigenvalue weighted by molar-refractivity contribution is 8.27. The van der Waals surface area contributed by atoms with Crippen LogP contribution in [0.4, 0.5) is 0 Å². The van der Waals surface area contributed by atoms with Crippen LogP contribution in [0.15, 0.2) is 64.2 Å². The summed E-state index contributed by atoms with van der Waals surface area (Å²) in [5, 5.41) is 15.2. The third kappa shape index (κ3) is 5.59. The summed E-state index contributed by atoms with van der Waals surface area (Å²) in [5.41, 5.74) is 1.80. The van der Waals surface area contributed by atoms with E-state index in [9.17, 15) is 9.59 Å². The molecular formula is C27H27N5O4S. The van der Waals surface area contributed by atoms with Gasteiger partial charge < -0.3 is 14.4 Å². The van der Waals surface area contributed by atoms with Crippen molar-refractivity contribution in [3.8, 4) is 11.5 Å². The molecule has 0 saturated carbocycles. The number of thioether (sulfide) groups is 1. The number of ether oxygens (including phenoxy) is 2. The largest absolute Gasteiger partial charge is 0.493 e. The zero-order valence-electron chi connectivity index (χ0n) is 20.5. The second kappa shape index (κ2) is 11.0. The van der Waals surface area contributed by atoms with E-state index in [-0.39, 0.29) is 23.7 Å². The van der Waals surface area contributed by atoms with Gasteiger partial charge in [-0.05, 0) is 60.4 Å². The van der Waals surface area contributed by atoms with Crippen molar-refractivity contribution in [1.82, 2.24) is 9.91 Å². The molecule has 190 valence electrons. The second-order valence-corrected chi connectivity index (χ2v) is 9.86.